The third-order valence-corrected chi connectivity index (χ3v) is 2.15. The number of cyclic esters (lactones) is 1. The van der Waals surface area contributed by atoms with Gasteiger partial charge in [-0.2, -0.15) is 0 Å². The van der Waals surface area contributed by atoms with Crippen molar-refractivity contribution in [2.45, 2.75) is 38.4 Å². The summed E-state index contributed by atoms with van der Waals surface area (Å²) in [6.45, 7) is 5.02. The first kappa shape index (κ1) is 7.54. The van der Waals surface area contributed by atoms with Gasteiger partial charge in [-0.1, -0.05) is 0 Å². The summed E-state index contributed by atoms with van der Waals surface area (Å²) < 4.78 is 4.88. The second-order valence-electron chi connectivity index (χ2n) is 3.44. The maximum atomic E-state index is 10.7. The smallest absolute Gasteiger partial charge is 0.309 e. The highest BCUT2D eigenvalue weighted by Gasteiger charge is 2.50. The van der Waals surface area contributed by atoms with Crippen LogP contribution in [-0.4, -0.2) is 22.3 Å². The molecule has 0 aromatic rings. The van der Waals surface area contributed by atoms with Gasteiger partial charge >= 0.3 is 5.97 Å². The normalized spacial score (nSPS) is 37.8. The first-order chi connectivity index (χ1) is 4.35. The van der Waals surface area contributed by atoms with Crippen molar-refractivity contribution in [3.8, 4) is 0 Å². The molecule has 1 unspecified atom stereocenters. The second kappa shape index (κ2) is 1.72. The van der Waals surface area contributed by atoms with Crippen LogP contribution in [0.4, 0.5) is 0 Å². The molecule has 3 heteroatoms. The maximum absolute atomic E-state index is 10.7. The third kappa shape index (κ3) is 0.904. The molecule has 58 valence electrons. The standard InChI is InChI=1S/C7H12O3/c1-6(2)7(3,9)4-5(8)10-6/h9H,4H2,1-3H3. The average Bonchev–Trinajstić information content (AvgIpc) is 1.73. The average molecular weight is 144 g/mol. The monoisotopic (exact) mass is 144 g/mol. The summed E-state index contributed by atoms with van der Waals surface area (Å²) in [6.07, 6.45) is 0.0972. The molecule has 0 aliphatic carbocycles. The largest absolute Gasteiger partial charge is 0.456 e. The molecule has 1 fully saturated rings. The van der Waals surface area contributed by atoms with Crippen LogP contribution in [0.5, 0.6) is 0 Å². The molecule has 1 atom stereocenters. The van der Waals surface area contributed by atoms with E-state index in [9.17, 15) is 9.90 Å². The number of carbonyl (C=O) groups is 1. The Morgan fingerprint density at radius 1 is 1.50 bits per heavy atom. The van der Waals surface area contributed by atoms with E-state index in [1.165, 1.54) is 0 Å². The zero-order valence-corrected chi connectivity index (χ0v) is 6.47. The summed E-state index contributed by atoms with van der Waals surface area (Å²) in [5.74, 6) is -0.324. The Hall–Kier alpha value is -0.570. The molecule has 0 aromatic heterocycles. The Bertz CT molecular complexity index is 152. The van der Waals surface area contributed by atoms with Crippen LogP contribution in [0.25, 0.3) is 0 Å². The van der Waals surface area contributed by atoms with Crippen LogP contribution in [0.3, 0.4) is 0 Å². The summed E-state index contributed by atoms with van der Waals surface area (Å²) in [5.41, 5.74) is -1.74. The fourth-order valence-corrected chi connectivity index (χ4v) is 0.925. The Labute approximate surface area is 60.0 Å². The summed E-state index contributed by atoms with van der Waals surface area (Å²) in [5, 5.41) is 9.55. The second-order valence-corrected chi connectivity index (χ2v) is 3.44. The van der Waals surface area contributed by atoms with E-state index in [-0.39, 0.29) is 12.4 Å². The van der Waals surface area contributed by atoms with Gasteiger partial charge in [-0.15, -0.1) is 0 Å². The van der Waals surface area contributed by atoms with Gasteiger partial charge in [0.25, 0.3) is 0 Å². The first-order valence-electron chi connectivity index (χ1n) is 3.29. The number of esters is 1. The number of rotatable bonds is 0. The SMILES string of the molecule is CC1(O)CC(=O)OC1(C)C. The molecule has 0 saturated carbocycles. The van der Waals surface area contributed by atoms with Crippen molar-refractivity contribution < 1.29 is 14.6 Å². The molecule has 0 amide bonds. The Morgan fingerprint density at radius 3 is 2.10 bits per heavy atom. The van der Waals surface area contributed by atoms with Gasteiger partial charge in [0.15, 0.2) is 0 Å². The molecule has 1 N–H and O–H groups in total. The van der Waals surface area contributed by atoms with Crippen molar-refractivity contribution >= 4 is 5.97 Å². The van der Waals surface area contributed by atoms with Crippen LogP contribution in [0.2, 0.25) is 0 Å². The van der Waals surface area contributed by atoms with E-state index in [0.29, 0.717) is 0 Å². The quantitative estimate of drug-likeness (QED) is 0.502. The summed E-state index contributed by atoms with van der Waals surface area (Å²) in [6, 6.07) is 0. The Balaban J connectivity index is 2.88. The first-order valence-corrected chi connectivity index (χ1v) is 3.29. The maximum Gasteiger partial charge on any atom is 0.309 e. The van der Waals surface area contributed by atoms with Crippen molar-refractivity contribution in [3.05, 3.63) is 0 Å². The number of aliphatic hydroxyl groups is 1. The lowest BCUT2D eigenvalue weighted by Gasteiger charge is -2.29. The van der Waals surface area contributed by atoms with Crippen LogP contribution < -0.4 is 0 Å². The van der Waals surface area contributed by atoms with Gasteiger partial charge in [-0.3, -0.25) is 4.79 Å². The number of ether oxygens (including phenoxy) is 1. The minimum Gasteiger partial charge on any atom is -0.456 e. The highest BCUT2D eigenvalue weighted by Crippen LogP contribution is 2.35. The van der Waals surface area contributed by atoms with Gasteiger partial charge in [0, 0.05) is 0 Å². The molecular formula is C7H12O3. The van der Waals surface area contributed by atoms with Gasteiger partial charge in [-0.25, -0.2) is 0 Å². The van der Waals surface area contributed by atoms with E-state index in [2.05, 4.69) is 0 Å². The summed E-state index contributed by atoms with van der Waals surface area (Å²) in [4.78, 5) is 10.7. The van der Waals surface area contributed by atoms with Gasteiger partial charge in [0.05, 0.1) is 6.42 Å². The lowest BCUT2D eigenvalue weighted by Crippen LogP contribution is -2.43. The minimum absolute atomic E-state index is 0.0972. The summed E-state index contributed by atoms with van der Waals surface area (Å²) in [7, 11) is 0. The lowest BCUT2D eigenvalue weighted by molar-refractivity contribution is -0.150. The van der Waals surface area contributed by atoms with Gasteiger partial charge < -0.3 is 9.84 Å². The Morgan fingerprint density at radius 2 is 2.00 bits per heavy atom. The van der Waals surface area contributed by atoms with E-state index in [1.54, 1.807) is 20.8 Å². The van der Waals surface area contributed by atoms with Crippen molar-refractivity contribution in [1.29, 1.82) is 0 Å². The zero-order chi connectivity index (χ0) is 7.99. The van der Waals surface area contributed by atoms with Crippen LogP contribution in [-0.2, 0) is 9.53 Å². The highest BCUT2D eigenvalue weighted by atomic mass is 16.6. The summed E-state index contributed by atoms with van der Waals surface area (Å²) >= 11 is 0. The molecule has 10 heavy (non-hydrogen) atoms. The molecule has 3 nitrogen and oxygen atoms in total. The van der Waals surface area contributed by atoms with E-state index in [1.807, 2.05) is 0 Å². The molecule has 0 radical (unpaired) electrons. The van der Waals surface area contributed by atoms with E-state index >= 15 is 0 Å². The van der Waals surface area contributed by atoms with Gasteiger partial charge in [-0.05, 0) is 20.8 Å². The predicted molar refractivity (Wildman–Crippen MR) is 35.4 cm³/mol. The van der Waals surface area contributed by atoms with Crippen molar-refractivity contribution in [1.82, 2.24) is 0 Å². The molecule has 0 spiro atoms. The van der Waals surface area contributed by atoms with Gasteiger partial charge in [0.2, 0.25) is 0 Å². The predicted octanol–water partition coefficient (Wildman–Crippen LogP) is 0.463. The number of carbonyl (C=O) groups excluding carboxylic acids is 1. The molecule has 1 aliphatic rings. The zero-order valence-electron chi connectivity index (χ0n) is 6.47. The molecule has 1 heterocycles. The van der Waals surface area contributed by atoms with E-state index in [4.69, 9.17) is 4.74 Å². The van der Waals surface area contributed by atoms with Crippen molar-refractivity contribution in [2.75, 3.05) is 0 Å². The molecule has 1 saturated heterocycles. The lowest BCUT2D eigenvalue weighted by atomic mass is 9.88. The van der Waals surface area contributed by atoms with Crippen LogP contribution >= 0.6 is 0 Å². The van der Waals surface area contributed by atoms with E-state index in [0.717, 1.165) is 0 Å². The third-order valence-electron chi connectivity index (χ3n) is 2.15. The van der Waals surface area contributed by atoms with Crippen molar-refractivity contribution in [3.63, 3.8) is 0 Å². The fourth-order valence-electron chi connectivity index (χ4n) is 0.925. The Kier molecular flexibility index (Phi) is 1.30. The van der Waals surface area contributed by atoms with Gasteiger partial charge in [0.1, 0.15) is 11.2 Å². The number of hydrogen-bond donors (Lipinski definition) is 1. The topological polar surface area (TPSA) is 46.5 Å². The van der Waals surface area contributed by atoms with Crippen LogP contribution in [0, 0.1) is 0 Å². The van der Waals surface area contributed by atoms with E-state index < -0.39 is 11.2 Å². The van der Waals surface area contributed by atoms with Crippen LogP contribution in [0.15, 0.2) is 0 Å². The number of hydrogen-bond acceptors (Lipinski definition) is 3. The van der Waals surface area contributed by atoms with Crippen molar-refractivity contribution in [2.24, 2.45) is 0 Å². The fraction of sp³-hybridized carbons (Fsp3) is 0.857. The molecule has 1 aliphatic heterocycles. The molecule has 0 aromatic carbocycles. The molecule has 1 rings (SSSR count). The molecular weight excluding hydrogens is 132 g/mol. The minimum atomic E-state index is -1.01. The van der Waals surface area contributed by atoms with Crippen LogP contribution in [0.1, 0.15) is 27.2 Å². The molecule has 0 bridgehead atoms. The highest BCUT2D eigenvalue weighted by molar-refractivity contribution is 5.74.